The van der Waals surface area contributed by atoms with E-state index in [4.69, 9.17) is 0 Å². The third-order valence-corrected chi connectivity index (χ3v) is 17.4. The van der Waals surface area contributed by atoms with E-state index < -0.39 is 8.07 Å². The molecule has 0 amide bonds. The fourth-order valence-corrected chi connectivity index (χ4v) is 15.0. The van der Waals surface area contributed by atoms with E-state index in [9.17, 15) is 0 Å². The second-order valence-electron chi connectivity index (χ2n) is 15.2. The van der Waals surface area contributed by atoms with Crippen molar-refractivity contribution in [2.24, 2.45) is 0 Å². The summed E-state index contributed by atoms with van der Waals surface area (Å²) in [6.45, 7) is 28.5. The van der Waals surface area contributed by atoms with E-state index in [1.807, 2.05) is 0 Å². The van der Waals surface area contributed by atoms with Gasteiger partial charge in [0, 0.05) is 0 Å². The van der Waals surface area contributed by atoms with Gasteiger partial charge in [-0.25, -0.2) is 0 Å². The smallest absolute Gasteiger partial charge is 1.00 e. The van der Waals surface area contributed by atoms with E-state index in [1.54, 1.807) is 0 Å². The van der Waals surface area contributed by atoms with Crippen LogP contribution in [-0.2, 0) is 31.3 Å². The van der Waals surface area contributed by atoms with Gasteiger partial charge in [0.05, 0.1) is 0 Å². The Morgan fingerprint density at radius 3 is 1.49 bits per heavy atom. The van der Waals surface area contributed by atoms with Gasteiger partial charge in [-0.3, -0.25) is 0 Å². The van der Waals surface area contributed by atoms with E-state index in [0.29, 0.717) is 0 Å². The van der Waals surface area contributed by atoms with Crippen molar-refractivity contribution in [2.75, 3.05) is 19.0 Å². The number of hydrogen-bond acceptors (Lipinski definition) is 1. The fourth-order valence-electron chi connectivity index (χ4n) is 7.16. The molecule has 2 atom stereocenters. The molecule has 6 heteroatoms. The van der Waals surface area contributed by atoms with Gasteiger partial charge < -0.3 is 37.2 Å². The van der Waals surface area contributed by atoms with Gasteiger partial charge in [-0.2, -0.15) is 0 Å². The molecule has 0 spiro atoms. The summed E-state index contributed by atoms with van der Waals surface area (Å²) in [6, 6.07) is 24.6. The van der Waals surface area contributed by atoms with Crippen molar-refractivity contribution in [1.29, 1.82) is 0 Å². The molecule has 0 bridgehead atoms. The molecule has 0 fully saturated rings. The molecule has 0 aliphatic heterocycles. The topological polar surface area (TPSA) is 3.24 Å². The first-order valence-corrected chi connectivity index (χ1v) is 18.2. The molecule has 0 heterocycles. The number of aryl methyl sites for hydroxylation is 2. The molecule has 45 heavy (non-hydrogen) atoms. The normalized spacial score (nSPS) is 18.1. The summed E-state index contributed by atoms with van der Waals surface area (Å²) in [5.41, 5.74) is 11.3. The number of benzene rings is 3. The van der Waals surface area contributed by atoms with Gasteiger partial charge in [-0.05, 0) is 0 Å². The molecule has 0 radical (unpaired) electrons. The van der Waals surface area contributed by atoms with Crippen molar-refractivity contribution >= 4 is 29.3 Å². The van der Waals surface area contributed by atoms with Gasteiger partial charge >= 0.3 is 271 Å². The van der Waals surface area contributed by atoms with Gasteiger partial charge in [0.2, 0.25) is 0 Å². The van der Waals surface area contributed by atoms with Gasteiger partial charge in [-0.1, -0.05) is 0 Å². The maximum atomic E-state index is 2.61. The number of hydrogen-bond donors (Lipinski definition) is 0. The Kier molecular flexibility index (Phi) is 13.4. The van der Waals surface area contributed by atoms with Crippen LogP contribution in [0.4, 0.5) is 5.69 Å². The standard InChI is InChI=1S/C39H52NSi.3ClH.Ti/c1-26-18-27(2)20-35(19-26)41(34-17-15-16-33(24-34)40(13)14,39(12)25-28(3)29(4)30(39)5)36-22-31(37(6,7)8)21-32(23-36)38(9,10)11;;;;/h15-24H,1-14H3;3*1H;/q;;;;+3/p-3. The molecule has 1 nitrogen and oxygen atoms in total. The fraction of sp³-hybridized carbons (Fsp3) is 0.436. The average molecular weight is 717 g/mol. The zero-order chi connectivity index (χ0) is 31.6. The summed E-state index contributed by atoms with van der Waals surface area (Å²) in [7, 11) is 1.50. The van der Waals surface area contributed by atoms with E-state index in [-0.39, 0.29) is 53.1 Å². The van der Waals surface area contributed by atoms with Crippen LogP contribution < -0.4 is 57.7 Å². The van der Waals surface area contributed by atoms with Crippen LogP contribution in [0, 0.1) is 13.8 Å². The van der Waals surface area contributed by atoms with Crippen LogP contribution in [0.15, 0.2) is 81.3 Å². The molecule has 4 rings (SSSR count). The Balaban J connectivity index is 0.00000337. The minimum atomic E-state index is -2.83. The summed E-state index contributed by atoms with van der Waals surface area (Å²) in [5.74, 6) is 0. The predicted octanol–water partition coefficient (Wildman–Crippen LogP) is -0.622. The second-order valence-corrected chi connectivity index (χ2v) is 20.3. The molecule has 1 aliphatic rings. The van der Waals surface area contributed by atoms with Crippen molar-refractivity contribution in [3.05, 3.63) is 104 Å². The SMILES string of the molecule is CC1=C(C)C(C)([Si](c2cc(C)cc(C)c2)(c2cccc(N(C)C)c2)c2cc(C(C)(C)C)cc(C(C)(C)C)c2)[C]([Ti+3])=C1C.[Cl-].[Cl-].[Cl-]. The summed E-state index contributed by atoms with van der Waals surface area (Å²) in [6.07, 6.45) is 0. The molecule has 0 saturated carbocycles. The van der Waals surface area contributed by atoms with Crippen molar-refractivity contribution in [3.63, 3.8) is 0 Å². The Morgan fingerprint density at radius 1 is 0.622 bits per heavy atom. The molecule has 2 unspecified atom stereocenters. The summed E-state index contributed by atoms with van der Waals surface area (Å²) < 4.78 is 1.53. The van der Waals surface area contributed by atoms with Crippen LogP contribution >= 0.6 is 0 Å². The first kappa shape index (κ1) is 41.8. The molecule has 1 aliphatic carbocycles. The quantitative estimate of drug-likeness (QED) is 0.252. The van der Waals surface area contributed by atoms with Crippen molar-refractivity contribution in [1.82, 2.24) is 0 Å². The molecular formula is C39H52Cl3NSiTi. The molecule has 0 saturated heterocycles. The number of allylic oxidation sites excluding steroid dienone is 4. The first-order valence-electron chi connectivity index (χ1n) is 15.4. The van der Waals surface area contributed by atoms with Crippen LogP contribution in [0.5, 0.6) is 0 Å². The summed E-state index contributed by atoms with van der Waals surface area (Å²) in [5, 5.41) is 4.36. The van der Waals surface area contributed by atoms with Crippen molar-refractivity contribution in [3.8, 4) is 0 Å². The zero-order valence-electron chi connectivity index (χ0n) is 29.9. The molecule has 0 N–H and O–H groups in total. The van der Waals surface area contributed by atoms with Crippen LogP contribution in [0.1, 0.15) is 91.5 Å². The van der Waals surface area contributed by atoms with Gasteiger partial charge in [-0.15, -0.1) is 0 Å². The Labute approximate surface area is 306 Å². The Morgan fingerprint density at radius 2 is 1.09 bits per heavy atom. The third kappa shape index (κ3) is 7.13. The molecule has 3 aromatic carbocycles. The molecule has 0 aromatic heterocycles. The van der Waals surface area contributed by atoms with Crippen LogP contribution in [0.2, 0.25) is 5.04 Å². The number of anilines is 1. The van der Waals surface area contributed by atoms with E-state index in [2.05, 4.69) is 183 Å². The molecule has 3 aromatic rings. The van der Waals surface area contributed by atoms with Crippen molar-refractivity contribution in [2.45, 2.75) is 99.0 Å². The van der Waals surface area contributed by atoms with Gasteiger partial charge in [0.25, 0.3) is 0 Å². The number of rotatable bonds is 5. The van der Waals surface area contributed by atoms with Crippen molar-refractivity contribution < 1.29 is 57.7 Å². The molecule has 242 valence electrons. The minimum absolute atomic E-state index is 0. The second kappa shape index (κ2) is 14.5. The predicted molar refractivity (Wildman–Crippen MR) is 185 cm³/mol. The Hall–Kier alpha value is -1.26. The number of halogens is 3. The summed E-state index contributed by atoms with van der Waals surface area (Å²) in [4.78, 5) is 2.26. The van der Waals surface area contributed by atoms with E-state index >= 15 is 0 Å². The average Bonchev–Trinajstić information content (AvgIpc) is 3.03. The molecular weight excluding hydrogens is 665 g/mol. The van der Waals surface area contributed by atoms with Crippen LogP contribution in [-0.4, -0.2) is 22.2 Å². The van der Waals surface area contributed by atoms with Crippen LogP contribution in [0.25, 0.3) is 0 Å². The zero-order valence-corrected chi connectivity index (χ0v) is 34.7. The maximum absolute atomic E-state index is 2.83. The third-order valence-electron chi connectivity index (χ3n) is 10.0. The summed E-state index contributed by atoms with van der Waals surface area (Å²) >= 11 is 2.42. The number of nitrogens with zero attached hydrogens (tertiary/aromatic N) is 1. The van der Waals surface area contributed by atoms with Gasteiger partial charge in [0.15, 0.2) is 0 Å². The maximum Gasteiger partial charge on any atom is -1.00 e. The monoisotopic (exact) mass is 715 g/mol. The van der Waals surface area contributed by atoms with E-state index in [1.165, 1.54) is 64.1 Å². The minimum Gasteiger partial charge on any atom is -1.00 e. The Bertz CT molecular complexity index is 1530. The van der Waals surface area contributed by atoms with Gasteiger partial charge in [0.1, 0.15) is 0 Å². The largest absolute Gasteiger partial charge is 1.00 e. The van der Waals surface area contributed by atoms with E-state index in [0.717, 1.165) is 0 Å². The first-order chi connectivity index (χ1) is 19.3. The van der Waals surface area contributed by atoms with Crippen LogP contribution in [0.3, 0.4) is 0 Å².